The van der Waals surface area contributed by atoms with E-state index in [0.29, 0.717) is 25.7 Å². The largest absolute Gasteiger partial charge is 0.363 e. The molecule has 0 aromatic rings. The quantitative estimate of drug-likeness (QED) is 0.566. The zero-order valence-corrected chi connectivity index (χ0v) is 10.2. The molecule has 0 bridgehead atoms. The molecule has 2 unspecified atom stereocenters. The Morgan fingerprint density at radius 3 is 1.57 bits per heavy atom. The van der Waals surface area contributed by atoms with Crippen molar-refractivity contribution in [1.82, 2.24) is 4.90 Å². The van der Waals surface area contributed by atoms with Crippen LogP contribution in [0.25, 0.3) is 0 Å². The summed E-state index contributed by atoms with van der Waals surface area (Å²) in [7, 11) is 2.00. The van der Waals surface area contributed by atoms with Crippen molar-refractivity contribution in [2.45, 2.75) is 52.7 Å². The van der Waals surface area contributed by atoms with Gasteiger partial charge in [0.05, 0.1) is 12.2 Å². The average Bonchev–Trinajstić information content (AvgIpc) is 2.22. The van der Waals surface area contributed by atoms with E-state index in [2.05, 4.69) is 27.7 Å². The van der Waals surface area contributed by atoms with E-state index in [1.165, 1.54) is 0 Å². The molecule has 3 nitrogen and oxygen atoms in total. The van der Waals surface area contributed by atoms with E-state index in [9.17, 15) is 0 Å². The first kappa shape index (κ1) is 13.9. The van der Waals surface area contributed by atoms with Crippen LogP contribution in [0.4, 0.5) is 0 Å². The van der Waals surface area contributed by atoms with E-state index in [4.69, 9.17) is 9.47 Å². The van der Waals surface area contributed by atoms with Crippen molar-refractivity contribution in [3.8, 4) is 0 Å². The zero-order valence-electron chi connectivity index (χ0n) is 10.2. The first-order valence-corrected chi connectivity index (χ1v) is 5.51. The minimum atomic E-state index is 0.334. The lowest BCUT2D eigenvalue weighted by Gasteiger charge is -2.21. The average molecular weight is 203 g/mol. The van der Waals surface area contributed by atoms with Crippen molar-refractivity contribution in [3.05, 3.63) is 0 Å². The zero-order chi connectivity index (χ0) is 11.0. The molecule has 0 amide bonds. The van der Waals surface area contributed by atoms with E-state index in [-0.39, 0.29) is 0 Å². The van der Waals surface area contributed by atoms with Gasteiger partial charge in [0.2, 0.25) is 0 Å². The molecule has 0 rings (SSSR count). The van der Waals surface area contributed by atoms with Crippen LogP contribution in [0, 0.1) is 0 Å². The SMILES string of the molecule is CCC(C)OCN(C)COC(C)CC. The van der Waals surface area contributed by atoms with Crippen LogP contribution in [-0.4, -0.2) is 37.6 Å². The molecule has 0 aromatic heterocycles. The third-order valence-corrected chi connectivity index (χ3v) is 2.31. The lowest BCUT2D eigenvalue weighted by molar-refractivity contribution is -0.0723. The highest BCUT2D eigenvalue weighted by molar-refractivity contribution is 4.46. The summed E-state index contributed by atoms with van der Waals surface area (Å²) < 4.78 is 11.1. The Morgan fingerprint density at radius 1 is 0.929 bits per heavy atom. The van der Waals surface area contributed by atoms with E-state index >= 15 is 0 Å². The molecule has 0 saturated heterocycles. The van der Waals surface area contributed by atoms with Crippen molar-refractivity contribution in [3.63, 3.8) is 0 Å². The molecule has 0 spiro atoms. The highest BCUT2D eigenvalue weighted by Crippen LogP contribution is 1.99. The third kappa shape index (κ3) is 7.30. The van der Waals surface area contributed by atoms with Crippen LogP contribution in [0.5, 0.6) is 0 Å². The van der Waals surface area contributed by atoms with E-state index < -0.39 is 0 Å². The van der Waals surface area contributed by atoms with E-state index in [1.54, 1.807) is 0 Å². The standard InChI is InChI=1S/C11H25NO2/c1-6-10(3)13-8-12(5)9-14-11(4)7-2/h10-11H,6-9H2,1-5H3. The first-order chi connectivity index (χ1) is 6.60. The summed E-state index contributed by atoms with van der Waals surface area (Å²) in [6, 6.07) is 0. The first-order valence-electron chi connectivity index (χ1n) is 5.51. The topological polar surface area (TPSA) is 21.7 Å². The van der Waals surface area contributed by atoms with E-state index in [0.717, 1.165) is 12.8 Å². The summed E-state index contributed by atoms with van der Waals surface area (Å²) in [6.07, 6.45) is 2.78. The van der Waals surface area contributed by atoms with Crippen LogP contribution < -0.4 is 0 Å². The summed E-state index contributed by atoms with van der Waals surface area (Å²) >= 11 is 0. The Morgan fingerprint density at radius 2 is 1.29 bits per heavy atom. The predicted octanol–water partition coefficient (Wildman–Crippen LogP) is 2.46. The monoisotopic (exact) mass is 203 g/mol. The van der Waals surface area contributed by atoms with Crippen molar-refractivity contribution in [2.24, 2.45) is 0 Å². The molecule has 14 heavy (non-hydrogen) atoms. The minimum Gasteiger partial charge on any atom is -0.363 e. The maximum Gasteiger partial charge on any atom is 0.101 e. The van der Waals surface area contributed by atoms with Gasteiger partial charge < -0.3 is 9.47 Å². The molecule has 0 aromatic carbocycles. The molecule has 0 N–H and O–H groups in total. The van der Waals surface area contributed by atoms with Crippen molar-refractivity contribution < 1.29 is 9.47 Å². The molecular formula is C11H25NO2. The molecule has 3 heteroatoms. The van der Waals surface area contributed by atoms with Gasteiger partial charge in [-0.05, 0) is 33.7 Å². The van der Waals surface area contributed by atoms with Gasteiger partial charge in [-0.3, -0.25) is 4.90 Å². The predicted molar refractivity (Wildman–Crippen MR) is 59.2 cm³/mol. The van der Waals surface area contributed by atoms with Gasteiger partial charge in [0.15, 0.2) is 0 Å². The summed E-state index contributed by atoms with van der Waals surface area (Å²) in [5, 5.41) is 0. The maximum atomic E-state index is 5.56. The third-order valence-electron chi connectivity index (χ3n) is 2.31. The Hall–Kier alpha value is -0.120. The van der Waals surface area contributed by atoms with Gasteiger partial charge in [-0.1, -0.05) is 13.8 Å². The molecule has 86 valence electrons. The van der Waals surface area contributed by atoms with Crippen molar-refractivity contribution >= 4 is 0 Å². The fourth-order valence-corrected chi connectivity index (χ4v) is 0.782. The van der Waals surface area contributed by atoms with Crippen LogP contribution in [0.3, 0.4) is 0 Å². The second kappa shape index (κ2) is 8.21. The van der Waals surface area contributed by atoms with Crippen LogP contribution in [0.2, 0.25) is 0 Å². The lowest BCUT2D eigenvalue weighted by atomic mass is 10.3. The summed E-state index contributed by atoms with van der Waals surface area (Å²) in [4.78, 5) is 2.04. The Balaban J connectivity index is 3.40. The second-order valence-corrected chi connectivity index (χ2v) is 3.89. The Bertz CT molecular complexity index is 116. The van der Waals surface area contributed by atoms with Crippen LogP contribution in [0.15, 0.2) is 0 Å². The fraction of sp³-hybridized carbons (Fsp3) is 1.00. The highest BCUT2D eigenvalue weighted by atomic mass is 16.5. The number of rotatable bonds is 8. The Kier molecular flexibility index (Phi) is 8.14. The Labute approximate surface area is 88.4 Å². The fourth-order valence-electron chi connectivity index (χ4n) is 0.782. The molecule has 0 fully saturated rings. The van der Waals surface area contributed by atoms with Gasteiger partial charge in [-0.2, -0.15) is 0 Å². The number of hydrogen-bond donors (Lipinski definition) is 0. The van der Waals surface area contributed by atoms with Crippen molar-refractivity contribution in [1.29, 1.82) is 0 Å². The van der Waals surface area contributed by atoms with Crippen LogP contribution in [0.1, 0.15) is 40.5 Å². The second-order valence-electron chi connectivity index (χ2n) is 3.89. The minimum absolute atomic E-state index is 0.334. The van der Waals surface area contributed by atoms with Gasteiger partial charge in [0.25, 0.3) is 0 Å². The molecule has 0 aliphatic heterocycles. The number of nitrogens with zero attached hydrogens (tertiary/aromatic N) is 1. The van der Waals surface area contributed by atoms with Gasteiger partial charge in [0.1, 0.15) is 13.5 Å². The van der Waals surface area contributed by atoms with Gasteiger partial charge >= 0.3 is 0 Å². The summed E-state index contributed by atoms with van der Waals surface area (Å²) in [6.45, 7) is 9.71. The molecular weight excluding hydrogens is 178 g/mol. The lowest BCUT2D eigenvalue weighted by Crippen LogP contribution is -2.28. The van der Waals surface area contributed by atoms with Gasteiger partial charge in [-0.15, -0.1) is 0 Å². The van der Waals surface area contributed by atoms with Gasteiger partial charge in [-0.25, -0.2) is 0 Å². The molecule has 0 aliphatic rings. The summed E-state index contributed by atoms with van der Waals surface area (Å²) in [5.74, 6) is 0. The summed E-state index contributed by atoms with van der Waals surface area (Å²) in [5.41, 5.74) is 0. The smallest absolute Gasteiger partial charge is 0.101 e. The number of hydrogen-bond acceptors (Lipinski definition) is 3. The van der Waals surface area contributed by atoms with Gasteiger partial charge in [0, 0.05) is 0 Å². The molecule has 0 radical (unpaired) electrons. The normalized spacial score (nSPS) is 15.9. The van der Waals surface area contributed by atoms with Crippen molar-refractivity contribution in [2.75, 3.05) is 20.5 Å². The van der Waals surface area contributed by atoms with E-state index in [1.807, 2.05) is 11.9 Å². The highest BCUT2D eigenvalue weighted by Gasteiger charge is 2.04. The van der Waals surface area contributed by atoms with Crippen LogP contribution in [-0.2, 0) is 9.47 Å². The number of ether oxygens (including phenoxy) is 2. The molecule has 0 saturated carbocycles. The molecule has 0 aliphatic carbocycles. The van der Waals surface area contributed by atoms with Crippen LogP contribution >= 0.6 is 0 Å². The molecule has 0 heterocycles. The maximum absolute atomic E-state index is 5.56. The molecule has 2 atom stereocenters.